The van der Waals surface area contributed by atoms with Crippen LogP contribution in [0.2, 0.25) is 0 Å². The van der Waals surface area contributed by atoms with Gasteiger partial charge in [-0.1, -0.05) is 35.5 Å². The van der Waals surface area contributed by atoms with Crippen molar-refractivity contribution in [2.45, 2.75) is 46.0 Å². The number of nitrogens with one attached hydrogen (secondary N) is 2. The van der Waals surface area contributed by atoms with Gasteiger partial charge in [0.15, 0.2) is 5.78 Å². The van der Waals surface area contributed by atoms with Crippen LogP contribution in [0.3, 0.4) is 0 Å². The molecule has 0 radical (unpaired) electrons. The fourth-order valence-electron chi connectivity index (χ4n) is 4.47. The lowest BCUT2D eigenvalue weighted by atomic mass is 9.79. The Hall–Kier alpha value is -2.82. The lowest BCUT2D eigenvalue weighted by Gasteiger charge is -2.32. The van der Waals surface area contributed by atoms with Crippen LogP contribution in [0.1, 0.15) is 46.7 Å². The summed E-state index contributed by atoms with van der Waals surface area (Å²) in [5.41, 5.74) is 6.19. The summed E-state index contributed by atoms with van der Waals surface area (Å²) in [6.45, 7) is 6.01. The number of thioether (sulfide) groups is 1. The molecule has 5 nitrogen and oxygen atoms in total. The molecule has 2 heterocycles. The van der Waals surface area contributed by atoms with Crippen molar-refractivity contribution in [3.05, 3.63) is 73.1 Å². The number of nitrogens with zero attached hydrogens (tertiary/aromatic N) is 1. The molecule has 0 saturated heterocycles. The van der Waals surface area contributed by atoms with Gasteiger partial charge in [-0.3, -0.25) is 9.59 Å². The van der Waals surface area contributed by atoms with E-state index in [1.54, 1.807) is 11.3 Å². The number of hydrogen-bond acceptors (Lipinski definition) is 6. The molecule has 1 amide bonds. The van der Waals surface area contributed by atoms with E-state index < -0.39 is 0 Å². The standard InChI is InChI=1S/C25H25N3O2S2/c1-14-10-15(2)24(16(3)11-14)28-21(30)13-32-25-17(12-26)22(20-8-5-9-31-20)23-18(27-25)6-4-7-19(23)29/h5,8-11,22,27H,4,6-7,13H2,1-3H3,(H,28,30)/t22-/m1/s1. The molecular weight excluding hydrogens is 438 g/mol. The second-order valence-electron chi connectivity index (χ2n) is 8.21. The Morgan fingerprint density at radius 1 is 1.28 bits per heavy atom. The number of dihydropyridines is 1. The Morgan fingerprint density at radius 3 is 2.69 bits per heavy atom. The number of amides is 1. The summed E-state index contributed by atoms with van der Waals surface area (Å²) in [5, 5.41) is 19.0. The third-order valence-electron chi connectivity index (χ3n) is 5.78. The van der Waals surface area contributed by atoms with E-state index in [-0.39, 0.29) is 23.4 Å². The average Bonchev–Trinajstić information content (AvgIpc) is 3.28. The number of rotatable bonds is 5. The maximum atomic E-state index is 12.8. The largest absolute Gasteiger partial charge is 0.352 e. The fraction of sp³-hybridized carbons (Fsp3) is 0.320. The van der Waals surface area contributed by atoms with Crippen LogP contribution < -0.4 is 10.6 Å². The molecule has 1 aliphatic heterocycles. The Kier molecular flexibility index (Phi) is 6.54. The number of benzene rings is 1. The molecule has 0 fully saturated rings. The Balaban J connectivity index is 1.58. The maximum Gasteiger partial charge on any atom is 0.234 e. The molecule has 2 aromatic rings. The number of hydrogen-bond donors (Lipinski definition) is 2. The highest BCUT2D eigenvalue weighted by molar-refractivity contribution is 8.03. The van der Waals surface area contributed by atoms with Crippen LogP contribution in [-0.4, -0.2) is 17.4 Å². The highest BCUT2D eigenvalue weighted by atomic mass is 32.2. The molecule has 1 aromatic heterocycles. The first-order valence-corrected chi connectivity index (χ1v) is 12.5. The van der Waals surface area contributed by atoms with E-state index in [1.807, 2.05) is 38.3 Å². The van der Waals surface area contributed by atoms with Crippen molar-refractivity contribution in [1.82, 2.24) is 5.32 Å². The Bertz CT molecular complexity index is 1160. The summed E-state index contributed by atoms with van der Waals surface area (Å²) >= 11 is 2.87. The summed E-state index contributed by atoms with van der Waals surface area (Å²) in [7, 11) is 0. The lowest BCUT2D eigenvalue weighted by molar-refractivity contribution is -0.116. The van der Waals surface area contributed by atoms with E-state index in [0.717, 1.165) is 51.4 Å². The van der Waals surface area contributed by atoms with Crippen LogP contribution in [0.25, 0.3) is 0 Å². The molecule has 4 rings (SSSR count). The number of anilines is 1. The predicted molar refractivity (Wildman–Crippen MR) is 130 cm³/mol. The summed E-state index contributed by atoms with van der Waals surface area (Å²) in [4.78, 5) is 26.5. The van der Waals surface area contributed by atoms with Crippen molar-refractivity contribution in [1.29, 1.82) is 5.26 Å². The van der Waals surface area contributed by atoms with E-state index in [0.29, 0.717) is 17.0 Å². The van der Waals surface area contributed by atoms with Crippen LogP contribution >= 0.6 is 23.1 Å². The van der Waals surface area contributed by atoms with E-state index >= 15 is 0 Å². The fourth-order valence-corrected chi connectivity index (χ4v) is 6.17. The zero-order chi connectivity index (χ0) is 22.8. The quantitative estimate of drug-likeness (QED) is 0.614. The van der Waals surface area contributed by atoms with Gasteiger partial charge in [-0.25, -0.2) is 0 Å². The third-order valence-corrected chi connectivity index (χ3v) is 7.73. The van der Waals surface area contributed by atoms with E-state index in [1.165, 1.54) is 11.8 Å². The molecule has 164 valence electrons. The second kappa shape index (κ2) is 9.35. The molecule has 2 N–H and O–H groups in total. The molecule has 32 heavy (non-hydrogen) atoms. The maximum absolute atomic E-state index is 12.8. The number of carbonyl (C=O) groups excluding carboxylic acids is 2. The summed E-state index contributed by atoms with van der Waals surface area (Å²) < 4.78 is 0. The first-order chi connectivity index (χ1) is 15.4. The Morgan fingerprint density at radius 2 is 2.03 bits per heavy atom. The van der Waals surface area contributed by atoms with Crippen LogP contribution in [-0.2, 0) is 9.59 Å². The Labute approximate surface area is 196 Å². The number of ketones is 1. The monoisotopic (exact) mass is 463 g/mol. The van der Waals surface area contributed by atoms with Gasteiger partial charge in [0.1, 0.15) is 0 Å². The first kappa shape index (κ1) is 22.4. The van der Waals surface area contributed by atoms with Gasteiger partial charge in [-0.05, 0) is 56.2 Å². The van der Waals surface area contributed by atoms with E-state index in [2.05, 4.69) is 28.8 Å². The van der Waals surface area contributed by atoms with Gasteiger partial charge in [0, 0.05) is 28.3 Å². The SMILES string of the molecule is Cc1cc(C)c(NC(=O)CSC2=C(C#N)[C@H](c3cccs3)C3=C(CCCC3=O)N2)c(C)c1. The van der Waals surface area contributed by atoms with Crippen molar-refractivity contribution in [2.75, 3.05) is 11.1 Å². The predicted octanol–water partition coefficient (Wildman–Crippen LogP) is 5.47. The van der Waals surface area contributed by atoms with Gasteiger partial charge >= 0.3 is 0 Å². The van der Waals surface area contributed by atoms with Gasteiger partial charge in [0.05, 0.1) is 28.3 Å². The van der Waals surface area contributed by atoms with Crippen molar-refractivity contribution in [2.24, 2.45) is 0 Å². The number of nitriles is 1. The number of thiophene rings is 1. The summed E-state index contributed by atoms with van der Waals surface area (Å²) in [5.74, 6) is -0.189. The molecule has 1 aromatic carbocycles. The smallest absolute Gasteiger partial charge is 0.234 e. The second-order valence-corrected chi connectivity index (χ2v) is 10.2. The molecule has 1 atom stereocenters. The minimum absolute atomic E-state index is 0.108. The number of allylic oxidation sites excluding steroid dienone is 3. The van der Waals surface area contributed by atoms with Gasteiger partial charge in [-0.15, -0.1) is 11.3 Å². The molecule has 0 unspecified atom stereocenters. The van der Waals surface area contributed by atoms with Crippen molar-refractivity contribution in [3.63, 3.8) is 0 Å². The molecule has 0 saturated carbocycles. The van der Waals surface area contributed by atoms with Gasteiger partial charge < -0.3 is 10.6 Å². The van der Waals surface area contributed by atoms with Crippen molar-refractivity contribution >= 4 is 40.5 Å². The zero-order valence-corrected chi connectivity index (χ0v) is 20.0. The van der Waals surface area contributed by atoms with Crippen LogP contribution in [0.5, 0.6) is 0 Å². The average molecular weight is 464 g/mol. The summed E-state index contributed by atoms with van der Waals surface area (Å²) in [6.07, 6.45) is 2.09. The van der Waals surface area contributed by atoms with Gasteiger partial charge in [0.2, 0.25) is 5.91 Å². The molecule has 7 heteroatoms. The van der Waals surface area contributed by atoms with Gasteiger partial charge in [-0.2, -0.15) is 5.26 Å². The van der Waals surface area contributed by atoms with E-state index in [4.69, 9.17) is 0 Å². The van der Waals surface area contributed by atoms with Crippen molar-refractivity contribution in [3.8, 4) is 6.07 Å². The van der Waals surface area contributed by atoms with Crippen LogP contribution in [0.4, 0.5) is 5.69 Å². The normalized spacial score (nSPS) is 18.2. The minimum atomic E-state index is -0.351. The zero-order valence-electron chi connectivity index (χ0n) is 18.4. The minimum Gasteiger partial charge on any atom is -0.352 e. The van der Waals surface area contributed by atoms with Crippen LogP contribution in [0, 0.1) is 32.1 Å². The first-order valence-electron chi connectivity index (χ1n) is 10.6. The van der Waals surface area contributed by atoms with Gasteiger partial charge in [0.25, 0.3) is 0 Å². The molecule has 0 bridgehead atoms. The number of Topliss-reactive ketones (excluding diaryl/α,β-unsaturated/α-hetero) is 1. The molecular formula is C25H25N3O2S2. The van der Waals surface area contributed by atoms with Crippen LogP contribution in [0.15, 0.2) is 51.5 Å². The van der Waals surface area contributed by atoms with Crippen molar-refractivity contribution < 1.29 is 9.59 Å². The molecule has 1 aliphatic carbocycles. The van der Waals surface area contributed by atoms with E-state index in [9.17, 15) is 14.9 Å². The summed E-state index contributed by atoms with van der Waals surface area (Å²) in [6, 6.07) is 10.3. The molecule has 2 aliphatic rings. The highest BCUT2D eigenvalue weighted by Gasteiger charge is 2.37. The lowest BCUT2D eigenvalue weighted by Crippen LogP contribution is -2.31. The number of carbonyl (C=O) groups is 2. The molecule has 0 spiro atoms. The number of aryl methyl sites for hydroxylation is 3. The topological polar surface area (TPSA) is 82.0 Å². The third kappa shape index (κ3) is 4.38. The highest BCUT2D eigenvalue weighted by Crippen LogP contribution is 2.45.